The Balaban J connectivity index is 2.45. The van der Waals surface area contributed by atoms with E-state index in [0.29, 0.717) is 6.54 Å². The molecule has 0 aromatic heterocycles. The van der Waals surface area contributed by atoms with Crippen LogP contribution in [-0.4, -0.2) is 36.7 Å². The maximum absolute atomic E-state index is 11.2. The number of hydrogen-bond donors (Lipinski definition) is 1. The summed E-state index contributed by atoms with van der Waals surface area (Å²) in [6, 6.07) is 5.65. The summed E-state index contributed by atoms with van der Waals surface area (Å²) in [5.74, 6) is -0.514. The van der Waals surface area contributed by atoms with Crippen LogP contribution in [0.2, 0.25) is 0 Å². The zero-order valence-corrected chi connectivity index (χ0v) is 9.43. The molecule has 86 valence electrons. The monoisotopic (exact) mass is 221 g/mol. The summed E-state index contributed by atoms with van der Waals surface area (Å²) in [7, 11) is 3.52. The molecule has 0 saturated heterocycles. The van der Waals surface area contributed by atoms with Gasteiger partial charge in [0.05, 0.1) is 13.0 Å². The lowest BCUT2D eigenvalue weighted by atomic mass is 9.90. The summed E-state index contributed by atoms with van der Waals surface area (Å²) >= 11 is 0. The topological polar surface area (TPSA) is 49.8 Å². The first-order valence-corrected chi connectivity index (χ1v) is 5.20. The summed E-state index contributed by atoms with van der Waals surface area (Å²) in [6.45, 7) is 1.35. The second kappa shape index (κ2) is 4.14. The lowest BCUT2D eigenvalue weighted by Crippen LogP contribution is -2.34. The molecule has 1 N–H and O–H groups in total. The zero-order chi connectivity index (χ0) is 11.7. The van der Waals surface area contributed by atoms with Crippen molar-refractivity contribution < 1.29 is 14.6 Å². The highest BCUT2D eigenvalue weighted by Crippen LogP contribution is 2.30. The van der Waals surface area contributed by atoms with E-state index in [0.717, 1.165) is 23.4 Å². The lowest BCUT2D eigenvalue weighted by molar-refractivity contribution is -0.139. The van der Waals surface area contributed by atoms with E-state index in [1.54, 1.807) is 7.11 Å². The molecule has 0 radical (unpaired) electrons. The van der Waals surface area contributed by atoms with Crippen molar-refractivity contribution >= 4 is 5.97 Å². The van der Waals surface area contributed by atoms with Gasteiger partial charge in [0.1, 0.15) is 5.75 Å². The third kappa shape index (κ3) is 1.88. The van der Waals surface area contributed by atoms with E-state index in [-0.39, 0.29) is 0 Å². The van der Waals surface area contributed by atoms with Crippen LogP contribution in [0, 0.1) is 0 Å². The van der Waals surface area contributed by atoms with Crippen molar-refractivity contribution in [3.05, 3.63) is 29.3 Å². The third-order valence-corrected chi connectivity index (χ3v) is 2.96. The van der Waals surface area contributed by atoms with Gasteiger partial charge in [-0.2, -0.15) is 0 Å². The number of fused-ring (bicyclic) bond motifs is 1. The maximum Gasteiger partial charge on any atom is 0.312 e. The van der Waals surface area contributed by atoms with Crippen molar-refractivity contribution in [3.63, 3.8) is 0 Å². The number of ether oxygens (including phenoxy) is 1. The molecule has 4 nitrogen and oxygen atoms in total. The predicted octanol–water partition coefficient (Wildman–Crippen LogP) is 1.31. The van der Waals surface area contributed by atoms with E-state index in [9.17, 15) is 9.90 Å². The fourth-order valence-corrected chi connectivity index (χ4v) is 2.14. The minimum Gasteiger partial charge on any atom is -0.497 e. The fourth-order valence-electron chi connectivity index (χ4n) is 2.14. The summed E-state index contributed by atoms with van der Waals surface area (Å²) < 4.78 is 5.13. The van der Waals surface area contributed by atoms with Gasteiger partial charge in [0, 0.05) is 13.1 Å². The summed E-state index contributed by atoms with van der Waals surface area (Å²) in [5, 5.41) is 9.20. The van der Waals surface area contributed by atoms with Gasteiger partial charge in [-0.05, 0) is 30.3 Å². The number of nitrogens with zero attached hydrogens (tertiary/aromatic N) is 1. The standard InChI is InChI=1S/C12H15NO3/c1-13-6-8-3-4-9(16-2)5-10(8)11(7-13)12(14)15/h3-5,11H,6-7H2,1-2H3,(H,14,15). The third-order valence-electron chi connectivity index (χ3n) is 2.96. The van der Waals surface area contributed by atoms with E-state index < -0.39 is 11.9 Å². The van der Waals surface area contributed by atoms with E-state index >= 15 is 0 Å². The van der Waals surface area contributed by atoms with Crippen LogP contribution in [-0.2, 0) is 11.3 Å². The van der Waals surface area contributed by atoms with Gasteiger partial charge in [-0.3, -0.25) is 4.79 Å². The molecule has 0 bridgehead atoms. The number of aliphatic carboxylic acids is 1. The average molecular weight is 221 g/mol. The van der Waals surface area contributed by atoms with Crippen LogP contribution in [0.4, 0.5) is 0 Å². The molecule has 0 fully saturated rings. The van der Waals surface area contributed by atoms with E-state index in [1.807, 2.05) is 30.1 Å². The highest BCUT2D eigenvalue weighted by molar-refractivity contribution is 5.77. The predicted molar refractivity (Wildman–Crippen MR) is 59.7 cm³/mol. The van der Waals surface area contributed by atoms with Crippen LogP contribution in [0.1, 0.15) is 17.0 Å². The molecule has 2 rings (SSSR count). The number of methoxy groups -OCH3 is 1. The molecule has 1 unspecified atom stereocenters. The Kier molecular flexibility index (Phi) is 2.83. The normalized spacial score (nSPS) is 20.2. The van der Waals surface area contributed by atoms with Crippen molar-refractivity contribution in [2.75, 3.05) is 20.7 Å². The van der Waals surface area contributed by atoms with Gasteiger partial charge in [-0.15, -0.1) is 0 Å². The molecule has 0 saturated carbocycles. The molecule has 4 heteroatoms. The van der Waals surface area contributed by atoms with Crippen molar-refractivity contribution in [1.82, 2.24) is 4.90 Å². The van der Waals surface area contributed by atoms with Crippen molar-refractivity contribution in [2.45, 2.75) is 12.5 Å². The SMILES string of the molecule is COc1ccc2c(c1)C(C(=O)O)CN(C)C2. The van der Waals surface area contributed by atoms with Crippen LogP contribution >= 0.6 is 0 Å². The van der Waals surface area contributed by atoms with Gasteiger partial charge < -0.3 is 14.7 Å². The quantitative estimate of drug-likeness (QED) is 0.818. The van der Waals surface area contributed by atoms with E-state index in [2.05, 4.69) is 0 Å². The largest absolute Gasteiger partial charge is 0.497 e. The minimum atomic E-state index is -0.777. The summed E-state index contributed by atoms with van der Waals surface area (Å²) in [4.78, 5) is 13.2. The second-order valence-corrected chi connectivity index (χ2v) is 4.15. The van der Waals surface area contributed by atoms with E-state index in [1.165, 1.54) is 0 Å². The molecule has 0 amide bonds. The van der Waals surface area contributed by atoms with Gasteiger partial charge in [0.25, 0.3) is 0 Å². The molecular weight excluding hydrogens is 206 g/mol. The van der Waals surface area contributed by atoms with Crippen LogP contribution in [0.25, 0.3) is 0 Å². The fraction of sp³-hybridized carbons (Fsp3) is 0.417. The Labute approximate surface area is 94.4 Å². The maximum atomic E-state index is 11.2. The van der Waals surface area contributed by atoms with Crippen LogP contribution in [0.3, 0.4) is 0 Å². The van der Waals surface area contributed by atoms with Gasteiger partial charge in [-0.1, -0.05) is 6.07 Å². The Hall–Kier alpha value is -1.55. The Morgan fingerprint density at radius 1 is 1.56 bits per heavy atom. The zero-order valence-electron chi connectivity index (χ0n) is 9.43. The number of carboxylic acids is 1. The number of hydrogen-bond acceptors (Lipinski definition) is 3. The molecule has 1 heterocycles. The highest BCUT2D eigenvalue weighted by atomic mass is 16.5. The van der Waals surface area contributed by atoms with Crippen LogP contribution in [0.15, 0.2) is 18.2 Å². The van der Waals surface area contributed by atoms with Crippen LogP contribution in [0.5, 0.6) is 5.75 Å². The second-order valence-electron chi connectivity index (χ2n) is 4.15. The average Bonchev–Trinajstić information content (AvgIpc) is 2.27. The molecule has 1 aromatic rings. The van der Waals surface area contributed by atoms with Gasteiger partial charge in [0.2, 0.25) is 0 Å². The van der Waals surface area contributed by atoms with Gasteiger partial charge >= 0.3 is 5.97 Å². The number of carboxylic acid groups (broad SMARTS) is 1. The number of carbonyl (C=O) groups is 1. The molecule has 1 aliphatic rings. The van der Waals surface area contributed by atoms with Crippen molar-refractivity contribution in [3.8, 4) is 5.75 Å². The Bertz CT molecular complexity index is 417. The summed E-state index contributed by atoms with van der Waals surface area (Å²) in [6.07, 6.45) is 0. The molecule has 1 aromatic carbocycles. The van der Waals surface area contributed by atoms with Crippen molar-refractivity contribution in [1.29, 1.82) is 0 Å². The number of benzene rings is 1. The first-order chi connectivity index (χ1) is 7.61. The highest BCUT2D eigenvalue weighted by Gasteiger charge is 2.29. The van der Waals surface area contributed by atoms with Gasteiger partial charge in [-0.25, -0.2) is 0 Å². The minimum absolute atomic E-state index is 0.455. The molecule has 16 heavy (non-hydrogen) atoms. The van der Waals surface area contributed by atoms with Gasteiger partial charge in [0.15, 0.2) is 0 Å². The number of rotatable bonds is 2. The van der Waals surface area contributed by atoms with Crippen molar-refractivity contribution in [2.24, 2.45) is 0 Å². The Morgan fingerprint density at radius 3 is 2.94 bits per heavy atom. The molecular formula is C12H15NO3. The number of likely N-dealkylation sites (N-methyl/N-ethyl adjacent to an activating group) is 1. The van der Waals surface area contributed by atoms with Crippen LogP contribution < -0.4 is 4.74 Å². The lowest BCUT2D eigenvalue weighted by Gasteiger charge is -2.30. The molecule has 1 aliphatic heterocycles. The molecule has 0 aliphatic carbocycles. The first-order valence-electron chi connectivity index (χ1n) is 5.20. The smallest absolute Gasteiger partial charge is 0.312 e. The van der Waals surface area contributed by atoms with E-state index in [4.69, 9.17) is 4.74 Å². The molecule has 1 atom stereocenters. The first kappa shape index (κ1) is 11.0. The Morgan fingerprint density at radius 2 is 2.31 bits per heavy atom. The summed E-state index contributed by atoms with van der Waals surface area (Å²) in [5.41, 5.74) is 1.95. The molecule has 0 spiro atoms.